The maximum atomic E-state index is 14.7. The zero-order valence-electron chi connectivity index (χ0n) is 17.3. The fourth-order valence-corrected chi connectivity index (χ4v) is 3.84. The molecule has 1 fully saturated rings. The number of likely N-dealkylation sites (tertiary alicyclic amines) is 1. The highest BCUT2D eigenvalue weighted by molar-refractivity contribution is 5.96. The molecule has 172 valence electrons. The van der Waals surface area contributed by atoms with Gasteiger partial charge >= 0.3 is 6.09 Å². The molecule has 1 atom stereocenters. The van der Waals surface area contributed by atoms with Crippen molar-refractivity contribution < 1.29 is 27.1 Å². The van der Waals surface area contributed by atoms with Crippen LogP contribution in [-0.2, 0) is 11.3 Å². The van der Waals surface area contributed by atoms with Crippen LogP contribution in [0.15, 0.2) is 28.7 Å². The predicted molar refractivity (Wildman–Crippen MR) is 110 cm³/mol. The number of nitrogens with two attached hydrogens (primary N) is 1. The molecule has 1 aromatic carbocycles. The van der Waals surface area contributed by atoms with Gasteiger partial charge < -0.3 is 29.7 Å². The van der Waals surface area contributed by atoms with Crippen molar-refractivity contribution in [2.24, 2.45) is 5.73 Å². The first kappa shape index (κ1) is 21.9. The molecule has 0 saturated carbocycles. The van der Waals surface area contributed by atoms with Gasteiger partial charge in [-0.15, -0.1) is 10.2 Å². The zero-order chi connectivity index (χ0) is 22.8. The Bertz CT molecular complexity index is 1090. The number of alkyl halides is 3. The number of hydrogen-bond donors (Lipinski definition) is 2. The van der Waals surface area contributed by atoms with Crippen molar-refractivity contribution in [3.63, 3.8) is 0 Å². The molecule has 32 heavy (non-hydrogen) atoms. The molecule has 1 aliphatic rings. The number of amides is 1. The smallest absolute Gasteiger partial charge is 0.405 e. The van der Waals surface area contributed by atoms with E-state index in [4.69, 9.17) is 10.2 Å². The van der Waals surface area contributed by atoms with Gasteiger partial charge in [0.15, 0.2) is 6.61 Å². The van der Waals surface area contributed by atoms with Gasteiger partial charge in [0.2, 0.25) is 6.30 Å². The standard InChI is InChI=1S/C20H23F3N6O3/c1-28-7-5-11(6-8-28)25-13-3-2-4-14-12(13)9-15(29(14)18(23)17(21)22)19-27-26-16(32-19)10-31-20(24)30/h2-4,9,11,17-18,25H,5-8,10H2,1H3,(H2,24,30). The lowest BCUT2D eigenvalue weighted by atomic mass is 10.0. The van der Waals surface area contributed by atoms with Crippen LogP contribution in [0, 0.1) is 0 Å². The number of aromatic nitrogens is 3. The molecule has 3 heterocycles. The number of carbonyl (C=O) groups is 1. The largest absolute Gasteiger partial charge is 0.440 e. The van der Waals surface area contributed by atoms with E-state index in [0.29, 0.717) is 11.1 Å². The van der Waals surface area contributed by atoms with E-state index in [-0.39, 0.29) is 35.6 Å². The van der Waals surface area contributed by atoms with Crippen LogP contribution in [0.1, 0.15) is 25.0 Å². The molecule has 1 aliphatic heterocycles. The topological polar surface area (TPSA) is 111 Å². The second kappa shape index (κ2) is 9.07. The summed E-state index contributed by atoms with van der Waals surface area (Å²) in [4.78, 5) is 13.0. The molecule has 3 aromatic rings. The van der Waals surface area contributed by atoms with Gasteiger partial charge in [0, 0.05) is 17.1 Å². The van der Waals surface area contributed by atoms with E-state index >= 15 is 0 Å². The molecule has 1 saturated heterocycles. The second-order valence-corrected chi connectivity index (χ2v) is 7.68. The maximum Gasteiger partial charge on any atom is 0.405 e. The number of piperidine rings is 1. The van der Waals surface area contributed by atoms with Crippen molar-refractivity contribution in [1.29, 1.82) is 0 Å². The Morgan fingerprint density at radius 3 is 2.75 bits per heavy atom. The third-order valence-corrected chi connectivity index (χ3v) is 5.44. The number of halogens is 3. The van der Waals surface area contributed by atoms with E-state index in [1.807, 2.05) is 6.07 Å². The summed E-state index contributed by atoms with van der Waals surface area (Å²) in [6.45, 7) is 1.49. The van der Waals surface area contributed by atoms with Crippen molar-refractivity contribution in [3.8, 4) is 11.6 Å². The van der Waals surface area contributed by atoms with E-state index in [0.717, 1.165) is 30.5 Å². The fourth-order valence-electron chi connectivity index (χ4n) is 3.84. The van der Waals surface area contributed by atoms with Gasteiger partial charge in [0.05, 0.1) is 5.52 Å². The van der Waals surface area contributed by atoms with Crippen molar-refractivity contribution in [1.82, 2.24) is 19.7 Å². The molecular formula is C20H23F3N6O3. The van der Waals surface area contributed by atoms with Gasteiger partial charge in [-0.05, 0) is 51.2 Å². The van der Waals surface area contributed by atoms with Gasteiger partial charge in [-0.25, -0.2) is 18.0 Å². The summed E-state index contributed by atoms with van der Waals surface area (Å²) in [6, 6.07) is 6.80. The first-order valence-electron chi connectivity index (χ1n) is 10.1. The Morgan fingerprint density at radius 2 is 2.06 bits per heavy atom. The molecule has 0 aliphatic carbocycles. The Hall–Kier alpha value is -3.28. The third kappa shape index (κ3) is 4.49. The lowest BCUT2D eigenvalue weighted by Crippen LogP contribution is -2.36. The molecular weight excluding hydrogens is 429 g/mol. The number of carbonyl (C=O) groups excluding carboxylic acids is 1. The minimum absolute atomic E-state index is 0.0109. The first-order valence-corrected chi connectivity index (χ1v) is 10.1. The van der Waals surface area contributed by atoms with Crippen molar-refractivity contribution in [2.75, 3.05) is 25.5 Å². The Balaban J connectivity index is 1.73. The Morgan fingerprint density at radius 1 is 1.31 bits per heavy atom. The van der Waals surface area contributed by atoms with E-state index in [1.165, 1.54) is 6.07 Å². The van der Waals surface area contributed by atoms with Crippen LogP contribution in [-0.4, -0.2) is 58.4 Å². The van der Waals surface area contributed by atoms with Crippen LogP contribution in [0.25, 0.3) is 22.5 Å². The highest BCUT2D eigenvalue weighted by atomic mass is 19.3. The van der Waals surface area contributed by atoms with Crippen molar-refractivity contribution >= 4 is 22.7 Å². The summed E-state index contributed by atoms with van der Waals surface area (Å²) < 4.78 is 52.3. The molecule has 12 heteroatoms. The molecule has 2 aromatic heterocycles. The Kier molecular flexibility index (Phi) is 6.21. The minimum Gasteiger partial charge on any atom is -0.440 e. The molecule has 0 radical (unpaired) electrons. The number of benzene rings is 1. The first-order chi connectivity index (χ1) is 15.3. The van der Waals surface area contributed by atoms with Crippen molar-refractivity contribution in [3.05, 3.63) is 30.2 Å². The van der Waals surface area contributed by atoms with Gasteiger partial charge in [0.25, 0.3) is 18.2 Å². The van der Waals surface area contributed by atoms with Crippen LogP contribution in [0.3, 0.4) is 0 Å². The average Bonchev–Trinajstić information content (AvgIpc) is 3.38. The summed E-state index contributed by atoms with van der Waals surface area (Å²) in [6.07, 6.45) is -5.08. The van der Waals surface area contributed by atoms with Gasteiger partial charge in [0.1, 0.15) is 5.69 Å². The summed E-state index contributed by atoms with van der Waals surface area (Å²) >= 11 is 0. The number of rotatable bonds is 7. The number of fused-ring (bicyclic) bond motifs is 1. The van der Waals surface area contributed by atoms with E-state index < -0.39 is 18.8 Å². The number of nitrogens with one attached hydrogen (secondary N) is 1. The summed E-state index contributed by atoms with van der Waals surface area (Å²) in [7, 11) is 2.06. The molecule has 0 bridgehead atoms. The molecule has 1 unspecified atom stereocenters. The van der Waals surface area contributed by atoms with E-state index in [2.05, 4.69) is 32.2 Å². The van der Waals surface area contributed by atoms with Crippen LogP contribution in [0.4, 0.5) is 23.7 Å². The summed E-state index contributed by atoms with van der Waals surface area (Å²) in [5.74, 6) is -0.287. The number of ether oxygens (including phenoxy) is 1. The van der Waals surface area contributed by atoms with Gasteiger partial charge in [-0.2, -0.15) is 0 Å². The monoisotopic (exact) mass is 452 g/mol. The second-order valence-electron chi connectivity index (χ2n) is 7.68. The average molecular weight is 452 g/mol. The summed E-state index contributed by atoms with van der Waals surface area (Å²) in [5, 5.41) is 11.5. The highest BCUT2D eigenvalue weighted by Crippen LogP contribution is 2.37. The van der Waals surface area contributed by atoms with Crippen LogP contribution < -0.4 is 11.1 Å². The lowest BCUT2D eigenvalue weighted by molar-refractivity contribution is 0.0113. The normalized spacial score (nSPS) is 16.5. The van der Waals surface area contributed by atoms with Crippen LogP contribution in [0.2, 0.25) is 0 Å². The Labute approximate surface area is 181 Å². The van der Waals surface area contributed by atoms with Crippen molar-refractivity contribution in [2.45, 2.75) is 38.2 Å². The quantitative estimate of drug-likeness (QED) is 0.564. The highest BCUT2D eigenvalue weighted by Gasteiger charge is 2.29. The van der Waals surface area contributed by atoms with Crippen LogP contribution in [0.5, 0.6) is 0 Å². The SMILES string of the molecule is CN1CCC(Nc2cccc3c2cc(-c2nnc(COC(N)=O)o2)n3C(F)C(F)F)CC1. The minimum atomic E-state index is -3.27. The summed E-state index contributed by atoms with van der Waals surface area (Å²) in [5.41, 5.74) is 5.87. The number of nitrogens with zero attached hydrogens (tertiary/aromatic N) is 4. The number of primary amides is 1. The van der Waals surface area contributed by atoms with E-state index in [1.54, 1.807) is 12.1 Å². The van der Waals surface area contributed by atoms with Crippen LogP contribution >= 0.6 is 0 Å². The molecule has 9 nitrogen and oxygen atoms in total. The molecule has 4 rings (SSSR count). The number of hydrogen-bond acceptors (Lipinski definition) is 7. The maximum absolute atomic E-state index is 14.7. The van der Waals surface area contributed by atoms with Gasteiger partial charge in [-0.3, -0.25) is 0 Å². The number of anilines is 1. The molecule has 0 spiro atoms. The third-order valence-electron chi connectivity index (χ3n) is 5.44. The molecule has 3 N–H and O–H groups in total. The van der Waals surface area contributed by atoms with E-state index in [9.17, 15) is 18.0 Å². The van der Waals surface area contributed by atoms with Gasteiger partial charge in [-0.1, -0.05) is 6.07 Å². The fraction of sp³-hybridized carbons (Fsp3) is 0.450. The predicted octanol–water partition coefficient (Wildman–Crippen LogP) is 3.53. The zero-order valence-corrected chi connectivity index (χ0v) is 17.3. The lowest BCUT2D eigenvalue weighted by Gasteiger charge is -2.30. The molecule has 1 amide bonds.